The zero-order chi connectivity index (χ0) is 15.5. The number of carbonyl (C=O) groups excluding carboxylic acids is 1. The van der Waals surface area contributed by atoms with E-state index in [2.05, 4.69) is 15.3 Å². The minimum Gasteiger partial charge on any atom is -0.367 e. The van der Waals surface area contributed by atoms with Crippen molar-refractivity contribution in [1.82, 2.24) is 19.9 Å². The number of imidazole rings is 1. The summed E-state index contributed by atoms with van der Waals surface area (Å²) < 4.78 is 1.91. The van der Waals surface area contributed by atoms with E-state index in [1.165, 1.54) is 18.5 Å². The van der Waals surface area contributed by atoms with Crippen LogP contribution in [0, 0.1) is 5.41 Å². The molecule has 112 valence electrons. The average molecular weight is 288 g/mol. The maximum atomic E-state index is 12.3. The summed E-state index contributed by atoms with van der Waals surface area (Å²) in [5.41, 5.74) is -0.319. The van der Waals surface area contributed by atoms with E-state index < -0.39 is 0 Å². The molecule has 0 aliphatic rings. The fourth-order valence-corrected chi connectivity index (χ4v) is 1.97. The minimum atomic E-state index is -0.364. The summed E-state index contributed by atoms with van der Waals surface area (Å²) in [4.78, 5) is 30.8. The maximum Gasteiger partial charge on any atom is 0.257 e. The third kappa shape index (κ3) is 3.81. The van der Waals surface area contributed by atoms with E-state index in [-0.39, 0.29) is 28.4 Å². The van der Waals surface area contributed by atoms with Crippen LogP contribution in [0.2, 0.25) is 0 Å². The SMILES string of the molecule is CC(C)(C)C(Cn1ccnc1)NC(=O)c1c[nH]ccc1=O. The van der Waals surface area contributed by atoms with Gasteiger partial charge in [0.1, 0.15) is 5.56 Å². The molecule has 0 radical (unpaired) electrons. The predicted octanol–water partition coefficient (Wildman–Crippen LogP) is 1.42. The van der Waals surface area contributed by atoms with E-state index in [0.29, 0.717) is 6.54 Å². The fourth-order valence-electron chi connectivity index (χ4n) is 1.97. The monoisotopic (exact) mass is 288 g/mol. The van der Waals surface area contributed by atoms with Crippen LogP contribution >= 0.6 is 0 Å². The highest BCUT2D eigenvalue weighted by atomic mass is 16.2. The van der Waals surface area contributed by atoms with Crippen LogP contribution in [0.15, 0.2) is 42.0 Å². The lowest BCUT2D eigenvalue weighted by molar-refractivity contribution is 0.0891. The lowest BCUT2D eigenvalue weighted by Crippen LogP contribution is -2.47. The molecule has 0 saturated carbocycles. The van der Waals surface area contributed by atoms with Gasteiger partial charge in [-0.25, -0.2) is 4.98 Å². The predicted molar refractivity (Wildman–Crippen MR) is 80.0 cm³/mol. The number of hydrogen-bond donors (Lipinski definition) is 2. The molecule has 2 aromatic rings. The van der Waals surface area contributed by atoms with Crippen LogP contribution in [0.1, 0.15) is 31.1 Å². The van der Waals surface area contributed by atoms with Crippen LogP contribution in [0.5, 0.6) is 0 Å². The first-order valence-electron chi connectivity index (χ1n) is 6.81. The standard InChI is InChI=1S/C15H20N4O2/c1-15(2,3)13(9-19-7-6-17-10-19)18-14(21)11-8-16-5-4-12(11)20/h4-8,10,13H,9H2,1-3H3,(H,16,20)(H,18,21). The molecular formula is C15H20N4O2. The summed E-state index contributed by atoms with van der Waals surface area (Å²) in [6.45, 7) is 6.73. The summed E-state index contributed by atoms with van der Waals surface area (Å²) in [6, 6.07) is 1.22. The van der Waals surface area contributed by atoms with E-state index in [1.807, 2.05) is 31.5 Å². The number of hydrogen-bond acceptors (Lipinski definition) is 3. The molecule has 0 spiro atoms. The summed E-state index contributed by atoms with van der Waals surface area (Å²) in [5, 5.41) is 2.94. The van der Waals surface area contributed by atoms with Crippen molar-refractivity contribution in [3.8, 4) is 0 Å². The van der Waals surface area contributed by atoms with Crippen molar-refractivity contribution in [3.05, 3.63) is 53.0 Å². The molecule has 2 rings (SSSR count). The topological polar surface area (TPSA) is 79.8 Å². The number of pyridine rings is 1. The highest BCUT2D eigenvalue weighted by Gasteiger charge is 2.27. The Hall–Kier alpha value is -2.37. The second kappa shape index (κ2) is 5.95. The zero-order valence-electron chi connectivity index (χ0n) is 12.5. The van der Waals surface area contributed by atoms with Gasteiger partial charge < -0.3 is 14.9 Å². The van der Waals surface area contributed by atoms with Gasteiger partial charge >= 0.3 is 0 Å². The van der Waals surface area contributed by atoms with Crippen molar-refractivity contribution in [2.24, 2.45) is 5.41 Å². The van der Waals surface area contributed by atoms with Crippen LogP contribution < -0.4 is 10.7 Å². The maximum absolute atomic E-state index is 12.3. The van der Waals surface area contributed by atoms with Crippen molar-refractivity contribution in [2.45, 2.75) is 33.4 Å². The van der Waals surface area contributed by atoms with E-state index in [4.69, 9.17) is 0 Å². The lowest BCUT2D eigenvalue weighted by Gasteiger charge is -2.31. The first-order chi connectivity index (χ1) is 9.88. The van der Waals surface area contributed by atoms with Gasteiger partial charge in [-0.1, -0.05) is 20.8 Å². The molecule has 2 aromatic heterocycles. The van der Waals surface area contributed by atoms with Crippen molar-refractivity contribution >= 4 is 5.91 Å². The second-order valence-electron chi connectivity index (χ2n) is 6.07. The highest BCUT2D eigenvalue weighted by Crippen LogP contribution is 2.21. The van der Waals surface area contributed by atoms with E-state index in [0.717, 1.165) is 0 Å². The van der Waals surface area contributed by atoms with Crippen molar-refractivity contribution < 1.29 is 4.79 Å². The van der Waals surface area contributed by atoms with Crippen molar-refractivity contribution in [2.75, 3.05) is 0 Å². The molecule has 6 nitrogen and oxygen atoms in total. The summed E-state index contributed by atoms with van der Waals surface area (Å²) in [5.74, 6) is -0.364. The molecule has 6 heteroatoms. The van der Waals surface area contributed by atoms with Gasteiger partial charge in [0.15, 0.2) is 5.43 Å². The van der Waals surface area contributed by atoms with Gasteiger partial charge in [0.05, 0.1) is 12.4 Å². The van der Waals surface area contributed by atoms with Gasteiger partial charge in [-0.3, -0.25) is 9.59 Å². The Morgan fingerprint density at radius 2 is 2.24 bits per heavy atom. The van der Waals surface area contributed by atoms with Crippen molar-refractivity contribution in [3.63, 3.8) is 0 Å². The third-order valence-corrected chi connectivity index (χ3v) is 3.37. The van der Waals surface area contributed by atoms with Gasteiger partial charge in [-0.15, -0.1) is 0 Å². The van der Waals surface area contributed by atoms with E-state index >= 15 is 0 Å². The number of H-pyrrole nitrogens is 1. The Morgan fingerprint density at radius 3 is 2.81 bits per heavy atom. The summed E-state index contributed by atoms with van der Waals surface area (Å²) in [7, 11) is 0. The molecule has 1 atom stereocenters. The number of nitrogens with one attached hydrogen (secondary N) is 2. The Bertz CT molecular complexity index is 653. The lowest BCUT2D eigenvalue weighted by atomic mass is 9.86. The van der Waals surface area contributed by atoms with Crippen LogP contribution in [0.25, 0.3) is 0 Å². The molecule has 1 amide bonds. The number of aromatic nitrogens is 3. The Labute approximate surface area is 123 Å². The summed E-state index contributed by atoms with van der Waals surface area (Å²) >= 11 is 0. The Balaban J connectivity index is 2.17. The molecule has 2 heterocycles. The van der Waals surface area contributed by atoms with Crippen molar-refractivity contribution in [1.29, 1.82) is 0 Å². The smallest absolute Gasteiger partial charge is 0.257 e. The van der Waals surface area contributed by atoms with E-state index in [9.17, 15) is 9.59 Å². The quantitative estimate of drug-likeness (QED) is 0.893. The molecule has 0 saturated heterocycles. The Morgan fingerprint density at radius 1 is 1.48 bits per heavy atom. The first-order valence-corrected chi connectivity index (χ1v) is 6.81. The van der Waals surface area contributed by atoms with Gasteiger partial charge in [-0.2, -0.15) is 0 Å². The molecule has 0 fully saturated rings. The summed E-state index contributed by atoms with van der Waals surface area (Å²) in [6.07, 6.45) is 8.18. The normalized spacial score (nSPS) is 12.9. The first kappa shape index (κ1) is 15.0. The number of nitrogens with zero attached hydrogens (tertiary/aromatic N) is 2. The fraction of sp³-hybridized carbons (Fsp3) is 0.400. The Kier molecular flexibility index (Phi) is 4.26. The van der Waals surface area contributed by atoms with Crippen LogP contribution in [0.3, 0.4) is 0 Å². The van der Waals surface area contributed by atoms with Gasteiger partial charge in [-0.05, 0) is 5.41 Å². The molecule has 21 heavy (non-hydrogen) atoms. The molecular weight excluding hydrogens is 268 g/mol. The molecule has 0 bridgehead atoms. The molecule has 1 unspecified atom stereocenters. The zero-order valence-corrected chi connectivity index (χ0v) is 12.5. The van der Waals surface area contributed by atoms with Gasteiger partial charge in [0.25, 0.3) is 5.91 Å². The van der Waals surface area contributed by atoms with Crippen LogP contribution in [-0.4, -0.2) is 26.5 Å². The third-order valence-electron chi connectivity index (χ3n) is 3.37. The van der Waals surface area contributed by atoms with Gasteiger partial charge in [0, 0.05) is 37.4 Å². The second-order valence-corrected chi connectivity index (χ2v) is 6.07. The largest absolute Gasteiger partial charge is 0.367 e. The molecule has 0 aliphatic carbocycles. The van der Waals surface area contributed by atoms with Crippen LogP contribution in [-0.2, 0) is 6.54 Å². The van der Waals surface area contributed by atoms with Gasteiger partial charge in [0.2, 0.25) is 0 Å². The number of aromatic amines is 1. The average Bonchev–Trinajstić information content (AvgIpc) is 2.90. The number of amides is 1. The molecule has 0 aromatic carbocycles. The molecule has 2 N–H and O–H groups in total. The van der Waals surface area contributed by atoms with E-state index in [1.54, 1.807) is 12.5 Å². The number of carbonyl (C=O) groups is 1. The van der Waals surface area contributed by atoms with Crippen LogP contribution in [0.4, 0.5) is 0 Å². The highest BCUT2D eigenvalue weighted by molar-refractivity contribution is 5.93. The molecule has 0 aliphatic heterocycles. The number of rotatable bonds is 4. The minimum absolute atomic E-state index is 0.123.